The first kappa shape index (κ1) is 25.4. The van der Waals surface area contributed by atoms with E-state index in [4.69, 9.17) is 0 Å². The molecule has 0 aromatic carbocycles. The molecule has 196 valence electrons. The van der Waals surface area contributed by atoms with Crippen molar-refractivity contribution in [1.82, 2.24) is 0 Å². The minimum atomic E-state index is -1.07. The van der Waals surface area contributed by atoms with Crippen molar-refractivity contribution in [3.8, 4) is 0 Å². The number of fused-ring (bicyclic) bond motifs is 7. The Morgan fingerprint density at radius 2 is 1.63 bits per heavy atom. The van der Waals surface area contributed by atoms with Gasteiger partial charge in [-0.25, -0.2) is 0 Å². The van der Waals surface area contributed by atoms with Gasteiger partial charge < -0.3 is 15.3 Å². The van der Waals surface area contributed by atoms with Gasteiger partial charge in [0.15, 0.2) is 5.78 Å². The number of carboxylic acid groups (broad SMARTS) is 1. The molecule has 0 saturated heterocycles. The molecule has 0 aromatic heterocycles. The number of Topliss-reactive ketones (excluding diaryl/α,β-unsaturated/α-hetero) is 1. The van der Waals surface area contributed by atoms with E-state index >= 15 is 0 Å². The molecule has 10 atom stereocenters. The maximum absolute atomic E-state index is 13.1. The molecule has 0 aromatic rings. The van der Waals surface area contributed by atoms with Crippen LogP contribution in [-0.2, 0) is 9.59 Å². The predicted molar refractivity (Wildman–Crippen MR) is 134 cm³/mol. The summed E-state index contributed by atoms with van der Waals surface area (Å²) in [5.41, 5.74) is -1.78. The van der Waals surface area contributed by atoms with E-state index < -0.39 is 28.5 Å². The van der Waals surface area contributed by atoms with Gasteiger partial charge in [-0.15, -0.1) is 0 Å². The Morgan fingerprint density at radius 1 is 0.971 bits per heavy atom. The molecule has 35 heavy (non-hydrogen) atoms. The second kappa shape index (κ2) is 7.22. The summed E-state index contributed by atoms with van der Waals surface area (Å²) < 4.78 is 0. The third-order valence-corrected chi connectivity index (χ3v) is 13.2. The summed E-state index contributed by atoms with van der Waals surface area (Å²) in [7, 11) is 0. The fourth-order valence-electron chi connectivity index (χ4n) is 10.8. The van der Waals surface area contributed by atoms with Gasteiger partial charge in [0.2, 0.25) is 0 Å². The highest BCUT2D eigenvalue weighted by Crippen LogP contribution is 2.75. The van der Waals surface area contributed by atoms with Crippen LogP contribution >= 0.6 is 0 Å². The van der Waals surface area contributed by atoms with Gasteiger partial charge in [0.05, 0.1) is 11.0 Å². The normalized spacial score (nSPS) is 55.1. The average Bonchev–Trinajstić information content (AvgIpc) is 2.75. The SMILES string of the molecule is CC1CCC2(C(=O)O)CCC3(C)C(=CCC4C5(C)CC(=O)C(O)C(C)(C)C5CCC43C)C2C1(C)O. The molecule has 4 saturated carbocycles. The van der Waals surface area contributed by atoms with E-state index in [0.717, 1.165) is 32.1 Å². The average molecular weight is 487 g/mol. The Labute approximate surface area is 210 Å². The van der Waals surface area contributed by atoms with Crippen molar-refractivity contribution in [1.29, 1.82) is 0 Å². The van der Waals surface area contributed by atoms with Crippen LogP contribution in [0.5, 0.6) is 0 Å². The van der Waals surface area contributed by atoms with E-state index in [1.54, 1.807) is 0 Å². The molecule has 3 N–H and O–H groups in total. The zero-order chi connectivity index (χ0) is 26.0. The first-order valence-electron chi connectivity index (χ1n) is 13.9. The third kappa shape index (κ3) is 2.83. The van der Waals surface area contributed by atoms with Crippen LogP contribution in [0.15, 0.2) is 11.6 Å². The van der Waals surface area contributed by atoms with Crippen molar-refractivity contribution in [2.45, 2.75) is 112 Å². The van der Waals surface area contributed by atoms with Crippen LogP contribution in [0.1, 0.15) is 99.8 Å². The van der Waals surface area contributed by atoms with Crippen molar-refractivity contribution >= 4 is 11.8 Å². The van der Waals surface area contributed by atoms with Gasteiger partial charge in [0.25, 0.3) is 0 Å². The van der Waals surface area contributed by atoms with Crippen LogP contribution < -0.4 is 0 Å². The van der Waals surface area contributed by atoms with Crippen molar-refractivity contribution in [3.05, 3.63) is 11.6 Å². The summed E-state index contributed by atoms with van der Waals surface area (Å²) in [5, 5.41) is 33.2. The van der Waals surface area contributed by atoms with Gasteiger partial charge in [-0.3, -0.25) is 9.59 Å². The lowest BCUT2D eigenvalue weighted by Gasteiger charge is -2.71. The molecule has 10 unspecified atom stereocenters. The molecule has 0 spiro atoms. The minimum Gasteiger partial charge on any atom is -0.481 e. The van der Waals surface area contributed by atoms with Gasteiger partial charge in [0, 0.05) is 17.8 Å². The number of carboxylic acids is 1. The maximum atomic E-state index is 13.1. The van der Waals surface area contributed by atoms with Crippen LogP contribution in [0.3, 0.4) is 0 Å². The van der Waals surface area contributed by atoms with E-state index in [0.29, 0.717) is 19.3 Å². The number of carbonyl (C=O) groups is 2. The molecule has 0 amide bonds. The summed E-state index contributed by atoms with van der Waals surface area (Å²) in [6.07, 6.45) is 7.35. The molecule has 5 aliphatic carbocycles. The third-order valence-electron chi connectivity index (χ3n) is 13.2. The van der Waals surface area contributed by atoms with E-state index in [1.165, 1.54) is 5.57 Å². The van der Waals surface area contributed by atoms with Crippen LogP contribution in [0, 0.1) is 50.7 Å². The largest absolute Gasteiger partial charge is 0.481 e. The number of aliphatic hydroxyl groups is 2. The lowest BCUT2D eigenvalue weighted by molar-refractivity contribution is -0.215. The first-order chi connectivity index (χ1) is 16.0. The number of carbonyl (C=O) groups excluding carboxylic acids is 1. The quantitative estimate of drug-likeness (QED) is 0.432. The van der Waals surface area contributed by atoms with Crippen molar-refractivity contribution < 1.29 is 24.9 Å². The number of rotatable bonds is 1. The first-order valence-corrected chi connectivity index (χ1v) is 13.9. The molecule has 0 heterocycles. The van der Waals surface area contributed by atoms with E-state index in [9.17, 15) is 24.9 Å². The van der Waals surface area contributed by atoms with Crippen LogP contribution in [0.2, 0.25) is 0 Å². The Kier molecular flexibility index (Phi) is 5.25. The van der Waals surface area contributed by atoms with Gasteiger partial charge in [0.1, 0.15) is 6.10 Å². The van der Waals surface area contributed by atoms with Crippen molar-refractivity contribution in [3.63, 3.8) is 0 Å². The monoisotopic (exact) mass is 486 g/mol. The van der Waals surface area contributed by atoms with E-state index in [-0.39, 0.29) is 45.7 Å². The Bertz CT molecular complexity index is 995. The number of allylic oxidation sites excluding steroid dienone is 1. The van der Waals surface area contributed by atoms with Gasteiger partial charge in [-0.2, -0.15) is 0 Å². The van der Waals surface area contributed by atoms with Crippen molar-refractivity contribution in [2.75, 3.05) is 0 Å². The molecule has 0 radical (unpaired) electrons. The fourth-order valence-corrected chi connectivity index (χ4v) is 10.8. The zero-order valence-corrected chi connectivity index (χ0v) is 22.8. The van der Waals surface area contributed by atoms with E-state index in [1.807, 2.05) is 6.92 Å². The van der Waals surface area contributed by atoms with Gasteiger partial charge in [-0.1, -0.05) is 53.2 Å². The number of hydrogen-bond acceptors (Lipinski definition) is 4. The van der Waals surface area contributed by atoms with Gasteiger partial charge in [-0.05, 0) is 85.9 Å². The highest BCUT2D eigenvalue weighted by Gasteiger charge is 2.71. The fraction of sp³-hybridized carbons (Fsp3) is 0.867. The Morgan fingerprint density at radius 3 is 2.26 bits per heavy atom. The maximum Gasteiger partial charge on any atom is 0.310 e. The number of aliphatic hydroxyl groups excluding tert-OH is 1. The predicted octanol–water partition coefficient (Wildman–Crippen LogP) is 5.38. The second-order valence-electron chi connectivity index (χ2n) is 14.7. The smallest absolute Gasteiger partial charge is 0.310 e. The summed E-state index contributed by atoms with van der Waals surface area (Å²) in [6, 6.07) is 0. The lowest BCUT2D eigenvalue weighted by atomic mass is 9.33. The number of hydrogen-bond donors (Lipinski definition) is 3. The molecule has 0 bridgehead atoms. The number of ketones is 1. The highest BCUT2D eigenvalue weighted by atomic mass is 16.4. The molecule has 0 aliphatic heterocycles. The van der Waals surface area contributed by atoms with Crippen molar-refractivity contribution in [2.24, 2.45) is 50.7 Å². The summed E-state index contributed by atoms with van der Waals surface area (Å²) in [6.45, 7) is 15.1. The number of aliphatic carboxylic acids is 1. The Hall–Kier alpha value is -1.20. The Balaban J connectivity index is 1.65. The highest BCUT2D eigenvalue weighted by molar-refractivity contribution is 5.85. The lowest BCUT2D eigenvalue weighted by Crippen LogP contribution is -2.68. The molecule has 5 nitrogen and oxygen atoms in total. The standard InChI is InChI=1S/C30H46O5/c1-17-10-13-30(24(33)34)15-14-27(5)18(22(30)29(17,7)35)8-9-21-26(4)16-19(31)23(32)25(2,3)20(26)11-12-28(21,27)6/h8,17,20-23,32,35H,9-16H2,1-7H3,(H,33,34). The molecule has 5 heteroatoms. The molecular weight excluding hydrogens is 440 g/mol. The molecule has 5 rings (SSSR count). The summed E-state index contributed by atoms with van der Waals surface area (Å²) in [4.78, 5) is 25.9. The second-order valence-corrected chi connectivity index (χ2v) is 14.7. The summed E-state index contributed by atoms with van der Waals surface area (Å²) in [5.74, 6) is -0.588. The van der Waals surface area contributed by atoms with Crippen LogP contribution in [0.25, 0.3) is 0 Å². The minimum absolute atomic E-state index is 0.0319. The van der Waals surface area contributed by atoms with Crippen LogP contribution in [-0.4, -0.2) is 38.8 Å². The molecule has 5 aliphatic rings. The topological polar surface area (TPSA) is 94.8 Å². The van der Waals surface area contributed by atoms with Gasteiger partial charge >= 0.3 is 5.97 Å². The van der Waals surface area contributed by atoms with E-state index in [2.05, 4.69) is 47.6 Å². The summed E-state index contributed by atoms with van der Waals surface area (Å²) >= 11 is 0. The zero-order valence-electron chi connectivity index (χ0n) is 22.8. The van der Waals surface area contributed by atoms with Crippen LogP contribution in [0.4, 0.5) is 0 Å². The molecular formula is C30H46O5. The molecule has 4 fully saturated rings.